The van der Waals surface area contributed by atoms with Crippen molar-refractivity contribution < 1.29 is 19.5 Å². The molecule has 3 N–H and O–H groups in total. The molecule has 0 aliphatic carbocycles. The number of carboxylic acids is 1. The van der Waals surface area contributed by atoms with E-state index in [-0.39, 0.29) is 17.7 Å². The van der Waals surface area contributed by atoms with Crippen LogP contribution in [0.1, 0.15) is 17.3 Å². The average Bonchev–Trinajstić information content (AvgIpc) is 2.45. The zero-order valence-corrected chi connectivity index (χ0v) is 11.8. The van der Waals surface area contributed by atoms with Gasteiger partial charge in [0.25, 0.3) is 5.91 Å². The van der Waals surface area contributed by atoms with E-state index in [0.717, 1.165) is 0 Å². The van der Waals surface area contributed by atoms with Crippen LogP contribution in [-0.4, -0.2) is 40.6 Å². The molecule has 0 unspecified atom stereocenters. The molecule has 0 bridgehead atoms. The van der Waals surface area contributed by atoms with Gasteiger partial charge in [0.1, 0.15) is 6.54 Å². The maximum Gasteiger partial charge on any atom is 0.322 e. The molecule has 1 atom stereocenters. The lowest BCUT2D eigenvalue weighted by atomic mass is 10.2. The Bertz CT molecular complexity index is 479. The molecule has 0 fully saturated rings. The van der Waals surface area contributed by atoms with Crippen molar-refractivity contribution in [1.29, 1.82) is 0 Å². The van der Waals surface area contributed by atoms with Crippen molar-refractivity contribution in [2.75, 3.05) is 12.4 Å². The molecule has 20 heavy (non-hydrogen) atoms. The molecule has 0 heterocycles. The molecule has 2 amide bonds. The smallest absolute Gasteiger partial charge is 0.322 e. The van der Waals surface area contributed by atoms with Gasteiger partial charge in [-0.15, -0.1) is 11.8 Å². The molecule has 0 aromatic heterocycles. The van der Waals surface area contributed by atoms with Crippen LogP contribution in [0.15, 0.2) is 30.3 Å². The highest BCUT2D eigenvalue weighted by atomic mass is 32.2. The number of carbonyl (C=O) groups is 3. The summed E-state index contributed by atoms with van der Waals surface area (Å²) in [5, 5.41) is 13.0. The third kappa shape index (κ3) is 5.75. The summed E-state index contributed by atoms with van der Waals surface area (Å²) in [6.07, 6.45) is 0. The van der Waals surface area contributed by atoms with Crippen LogP contribution in [0.4, 0.5) is 0 Å². The molecule has 0 aliphatic rings. The number of nitrogens with one attached hydrogen (secondary N) is 2. The molecule has 6 nitrogen and oxygen atoms in total. The molecule has 1 aromatic rings. The van der Waals surface area contributed by atoms with E-state index in [9.17, 15) is 14.4 Å². The number of hydrogen-bond acceptors (Lipinski definition) is 4. The van der Waals surface area contributed by atoms with Crippen LogP contribution in [0.5, 0.6) is 0 Å². The van der Waals surface area contributed by atoms with Gasteiger partial charge in [-0.2, -0.15) is 0 Å². The highest BCUT2D eigenvalue weighted by Crippen LogP contribution is 2.09. The van der Waals surface area contributed by atoms with Gasteiger partial charge < -0.3 is 15.7 Å². The number of rotatable bonds is 7. The Hall–Kier alpha value is -2.02. The monoisotopic (exact) mass is 296 g/mol. The standard InChI is InChI=1S/C13H16N2O4S/c1-9(12(18)14-7-11(16)17)20-8-15-13(19)10-5-3-2-4-6-10/h2-6,9H,7-8H2,1H3,(H,14,18)(H,15,19)(H,16,17)/t9-/m0/s1. The van der Waals surface area contributed by atoms with E-state index in [1.165, 1.54) is 11.8 Å². The van der Waals surface area contributed by atoms with E-state index < -0.39 is 17.8 Å². The second kappa shape index (κ2) is 8.21. The van der Waals surface area contributed by atoms with Crippen molar-refractivity contribution >= 4 is 29.5 Å². The first-order valence-electron chi connectivity index (χ1n) is 5.95. The van der Waals surface area contributed by atoms with Crippen molar-refractivity contribution in [3.63, 3.8) is 0 Å². The Balaban J connectivity index is 2.28. The first kappa shape index (κ1) is 16.0. The molecule has 1 rings (SSSR count). The minimum absolute atomic E-state index is 0.212. The van der Waals surface area contributed by atoms with E-state index in [2.05, 4.69) is 10.6 Å². The van der Waals surface area contributed by atoms with Crippen LogP contribution in [0.2, 0.25) is 0 Å². The largest absolute Gasteiger partial charge is 0.480 e. The SMILES string of the molecule is C[C@H](SCNC(=O)c1ccccc1)C(=O)NCC(=O)O. The van der Waals surface area contributed by atoms with Gasteiger partial charge >= 0.3 is 5.97 Å². The molecule has 0 radical (unpaired) electrons. The molecular formula is C13H16N2O4S. The first-order valence-corrected chi connectivity index (χ1v) is 7.00. The number of thioether (sulfide) groups is 1. The highest BCUT2D eigenvalue weighted by molar-refractivity contribution is 8.00. The summed E-state index contributed by atoms with van der Waals surface area (Å²) in [4.78, 5) is 33.5. The number of benzene rings is 1. The van der Waals surface area contributed by atoms with Crippen LogP contribution in [-0.2, 0) is 9.59 Å². The fourth-order valence-corrected chi connectivity index (χ4v) is 2.01. The summed E-state index contributed by atoms with van der Waals surface area (Å²) in [5.41, 5.74) is 0.552. The summed E-state index contributed by atoms with van der Waals surface area (Å²) in [6.45, 7) is 1.25. The topological polar surface area (TPSA) is 95.5 Å². The van der Waals surface area contributed by atoms with Gasteiger partial charge in [0.05, 0.1) is 11.1 Å². The quantitative estimate of drug-likeness (QED) is 0.644. The Morgan fingerprint density at radius 1 is 1.20 bits per heavy atom. The van der Waals surface area contributed by atoms with Gasteiger partial charge in [-0.05, 0) is 19.1 Å². The van der Waals surface area contributed by atoms with Crippen LogP contribution in [0, 0.1) is 0 Å². The summed E-state index contributed by atoms with van der Waals surface area (Å²) in [7, 11) is 0. The van der Waals surface area contributed by atoms with Crippen molar-refractivity contribution in [3.8, 4) is 0 Å². The summed E-state index contributed by atoms with van der Waals surface area (Å²) < 4.78 is 0. The van der Waals surface area contributed by atoms with Gasteiger partial charge in [-0.25, -0.2) is 0 Å². The van der Waals surface area contributed by atoms with Gasteiger partial charge in [0, 0.05) is 5.56 Å². The fourth-order valence-electron chi connectivity index (χ4n) is 1.31. The van der Waals surface area contributed by atoms with Crippen molar-refractivity contribution in [2.24, 2.45) is 0 Å². The van der Waals surface area contributed by atoms with Crippen molar-refractivity contribution in [2.45, 2.75) is 12.2 Å². The van der Waals surface area contributed by atoms with E-state index >= 15 is 0 Å². The predicted octanol–water partition coefficient (Wildman–Crippen LogP) is 0.696. The lowest BCUT2D eigenvalue weighted by molar-refractivity contribution is -0.137. The van der Waals surface area contributed by atoms with Crippen molar-refractivity contribution in [3.05, 3.63) is 35.9 Å². The lowest BCUT2D eigenvalue weighted by Gasteiger charge is -2.11. The minimum Gasteiger partial charge on any atom is -0.480 e. The van der Waals surface area contributed by atoms with Gasteiger partial charge in [-0.1, -0.05) is 18.2 Å². The molecule has 1 aromatic carbocycles. The summed E-state index contributed by atoms with van der Waals surface area (Å²) in [5.74, 6) is -1.40. The second-order valence-corrected chi connectivity index (χ2v) is 5.27. The Kier molecular flexibility index (Phi) is 6.58. The minimum atomic E-state index is -1.09. The average molecular weight is 296 g/mol. The molecule has 0 aliphatic heterocycles. The molecule has 0 spiro atoms. The number of amides is 2. The maximum atomic E-state index is 11.7. The fraction of sp³-hybridized carbons (Fsp3) is 0.308. The maximum absolute atomic E-state index is 11.7. The van der Waals surface area contributed by atoms with Crippen LogP contribution < -0.4 is 10.6 Å². The third-order valence-corrected chi connectivity index (χ3v) is 3.41. The van der Waals surface area contributed by atoms with E-state index in [0.29, 0.717) is 5.56 Å². The normalized spacial score (nSPS) is 11.4. The molecule has 0 saturated carbocycles. The van der Waals surface area contributed by atoms with Crippen LogP contribution in [0.3, 0.4) is 0 Å². The number of carbonyl (C=O) groups excluding carboxylic acids is 2. The zero-order valence-electron chi connectivity index (χ0n) is 11.0. The van der Waals surface area contributed by atoms with Crippen molar-refractivity contribution in [1.82, 2.24) is 10.6 Å². The number of aliphatic carboxylic acids is 1. The molecule has 7 heteroatoms. The first-order chi connectivity index (χ1) is 9.50. The Morgan fingerprint density at radius 3 is 2.45 bits per heavy atom. The molecule has 108 valence electrons. The molecule has 0 saturated heterocycles. The summed E-state index contributed by atoms with van der Waals surface area (Å²) in [6, 6.07) is 8.75. The van der Waals surface area contributed by atoms with Crippen LogP contribution in [0.25, 0.3) is 0 Å². The van der Waals surface area contributed by atoms with E-state index in [1.54, 1.807) is 31.2 Å². The Labute approximate surface area is 120 Å². The lowest BCUT2D eigenvalue weighted by Crippen LogP contribution is -2.36. The van der Waals surface area contributed by atoms with Gasteiger partial charge in [0.2, 0.25) is 5.91 Å². The summed E-state index contributed by atoms with van der Waals surface area (Å²) >= 11 is 1.22. The molecular weight excluding hydrogens is 280 g/mol. The van der Waals surface area contributed by atoms with Gasteiger partial charge in [0.15, 0.2) is 0 Å². The Morgan fingerprint density at radius 2 is 1.85 bits per heavy atom. The third-order valence-electron chi connectivity index (χ3n) is 2.39. The van der Waals surface area contributed by atoms with E-state index in [4.69, 9.17) is 5.11 Å². The second-order valence-electron chi connectivity index (χ2n) is 3.94. The number of hydrogen-bond donors (Lipinski definition) is 3. The zero-order chi connectivity index (χ0) is 15.0. The van der Waals surface area contributed by atoms with E-state index in [1.807, 2.05) is 6.07 Å². The number of carboxylic acid groups (broad SMARTS) is 1. The highest BCUT2D eigenvalue weighted by Gasteiger charge is 2.14. The van der Waals surface area contributed by atoms with Crippen LogP contribution >= 0.6 is 11.8 Å². The van der Waals surface area contributed by atoms with Gasteiger partial charge in [-0.3, -0.25) is 14.4 Å². The predicted molar refractivity (Wildman–Crippen MR) is 76.5 cm³/mol.